The molecular weight excluding hydrogens is 208 g/mol. The molecule has 0 saturated carbocycles. The summed E-state index contributed by atoms with van der Waals surface area (Å²) in [6.07, 6.45) is 0. The molecule has 0 heterocycles. The quantitative estimate of drug-likeness (QED) is 0.477. The van der Waals surface area contributed by atoms with Crippen LogP contribution in [0, 0.1) is 13.8 Å². The first-order chi connectivity index (χ1) is 7.45. The van der Waals surface area contributed by atoms with Crippen LogP contribution in [-0.4, -0.2) is 23.5 Å². The maximum atomic E-state index is 11.3. The number of benzene rings is 1. The van der Waals surface area contributed by atoms with Crippen molar-refractivity contribution in [2.75, 3.05) is 6.61 Å². The molecule has 1 rings (SSSR count). The Bertz CT molecular complexity index is 412. The SMILES string of the molecule is CC(=O)Oc1c(C)cc(C(=O)CO)cc1C. The summed E-state index contributed by atoms with van der Waals surface area (Å²) in [5, 5.41) is 8.75. The van der Waals surface area contributed by atoms with Gasteiger partial charge in [-0.05, 0) is 37.1 Å². The molecular formula is C12H14O4. The van der Waals surface area contributed by atoms with Crippen LogP contribution in [0.2, 0.25) is 0 Å². The van der Waals surface area contributed by atoms with Gasteiger partial charge in [-0.3, -0.25) is 9.59 Å². The van der Waals surface area contributed by atoms with E-state index in [0.29, 0.717) is 22.4 Å². The summed E-state index contributed by atoms with van der Waals surface area (Å²) >= 11 is 0. The fourth-order valence-corrected chi connectivity index (χ4v) is 1.51. The van der Waals surface area contributed by atoms with Crippen LogP contribution in [0.3, 0.4) is 0 Å². The van der Waals surface area contributed by atoms with Gasteiger partial charge in [0.2, 0.25) is 0 Å². The lowest BCUT2D eigenvalue weighted by Gasteiger charge is -2.10. The highest BCUT2D eigenvalue weighted by molar-refractivity contribution is 5.97. The van der Waals surface area contributed by atoms with E-state index in [4.69, 9.17) is 9.84 Å². The summed E-state index contributed by atoms with van der Waals surface area (Å²) in [6, 6.07) is 3.20. The number of aryl methyl sites for hydroxylation is 2. The average molecular weight is 222 g/mol. The van der Waals surface area contributed by atoms with Crippen molar-refractivity contribution < 1.29 is 19.4 Å². The largest absolute Gasteiger partial charge is 0.426 e. The Kier molecular flexibility index (Phi) is 3.79. The molecule has 4 heteroatoms. The van der Waals surface area contributed by atoms with Crippen molar-refractivity contribution in [2.45, 2.75) is 20.8 Å². The van der Waals surface area contributed by atoms with Crippen molar-refractivity contribution in [3.8, 4) is 5.75 Å². The Morgan fingerprint density at radius 3 is 2.12 bits per heavy atom. The second-order valence-corrected chi connectivity index (χ2v) is 3.61. The number of carbonyl (C=O) groups is 2. The van der Waals surface area contributed by atoms with Crippen molar-refractivity contribution >= 4 is 11.8 Å². The van der Waals surface area contributed by atoms with Crippen molar-refractivity contribution in [1.82, 2.24) is 0 Å². The summed E-state index contributed by atoms with van der Waals surface area (Å²) in [6.45, 7) is 4.30. The molecule has 0 amide bonds. The maximum absolute atomic E-state index is 11.3. The number of ketones is 1. The van der Waals surface area contributed by atoms with Crippen molar-refractivity contribution in [2.24, 2.45) is 0 Å². The molecule has 0 aliphatic rings. The van der Waals surface area contributed by atoms with Gasteiger partial charge in [-0.25, -0.2) is 0 Å². The van der Waals surface area contributed by atoms with Gasteiger partial charge in [0.05, 0.1) is 0 Å². The standard InChI is InChI=1S/C12H14O4/c1-7-4-10(11(15)6-13)5-8(2)12(7)16-9(3)14/h4-5,13H,6H2,1-3H3. The second kappa shape index (κ2) is 4.90. The van der Waals surface area contributed by atoms with E-state index >= 15 is 0 Å². The molecule has 0 aliphatic carbocycles. The molecule has 0 fully saturated rings. The first-order valence-electron chi connectivity index (χ1n) is 4.89. The zero-order valence-corrected chi connectivity index (χ0v) is 9.53. The third-order valence-corrected chi connectivity index (χ3v) is 2.17. The van der Waals surface area contributed by atoms with Crippen molar-refractivity contribution in [1.29, 1.82) is 0 Å². The highest BCUT2D eigenvalue weighted by Crippen LogP contribution is 2.25. The van der Waals surface area contributed by atoms with E-state index in [1.165, 1.54) is 6.92 Å². The molecule has 0 spiro atoms. The maximum Gasteiger partial charge on any atom is 0.308 e. The van der Waals surface area contributed by atoms with Gasteiger partial charge in [0.1, 0.15) is 12.4 Å². The van der Waals surface area contributed by atoms with Gasteiger partial charge in [0, 0.05) is 12.5 Å². The number of aliphatic hydroxyl groups is 1. The third-order valence-electron chi connectivity index (χ3n) is 2.17. The van der Waals surface area contributed by atoms with E-state index in [2.05, 4.69) is 0 Å². The smallest absolute Gasteiger partial charge is 0.308 e. The number of carbonyl (C=O) groups excluding carboxylic acids is 2. The van der Waals surface area contributed by atoms with Crippen LogP contribution in [-0.2, 0) is 4.79 Å². The Hall–Kier alpha value is -1.68. The Balaban J connectivity index is 3.17. The molecule has 86 valence electrons. The second-order valence-electron chi connectivity index (χ2n) is 3.61. The number of rotatable bonds is 3. The van der Waals surface area contributed by atoms with E-state index < -0.39 is 12.6 Å². The molecule has 0 aliphatic heterocycles. The molecule has 0 unspecified atom stereocenters. The van der Waals surface area contributed by atoms with Gasteiger partial charge in [0.25, 0.3) is 0 Å². The molecule has 0 aromatic heterocycles. The van der Waals surface area contributed by atoms with Gasteiger partial charge >= 0.3 is 5.97 Å². The number of aliphatic hydroxyl groups excluding tert-OH is 1. The van der Waals surface area contributed by atoms with Gasteiger partial charge in [0.15, 0.2) is 5.78 Å². The van der Waals surface area contributed by atoms with E-state index in [-0.39, 0.29) is 5.78 Å². The van der Waals surface area contributed by atoms with Crippen molar-refractivity contribution in [3.05, 3.63) is 28.8 Å². The van der Waals surface area contributed by atoms with Crippen LogP contribution in [0.5, 0.6) is 5.75 Å². The van der Waals surface area contributed by atoms with E-state index in [1.54, 1.807) is 26.0 Å². The zero-order valence-electron chi connectivity index (χ0n) is 9.53. The predicted octanol–water partition coefficient (Wildman–Crippen LogP) is 1.40. The Morgan fingerprint density at radius 1 is 1.25 bits per heavy atom. The summed E-state index contributed by atoms with van der Waals surface area (Å²) in [7, 11) is 0. The van der Waals surface area contributed by atoms with Crippen LogP contribution in [0.25, 0.3) is 0 Å². The number of Topliss-reactive ketones (excluding diaryl/α,β-unsaturated/α-hetero) is 1. The molecule has 0 saturated heterocycles. The molecule has 1 aromatic rings. The Morgan fingerprint density at radius 2 is 1.75 bits per heavy atom. The topological polar surface area (TPSA) is 63.6 Å². The Labute approximate surface area is 93.9 Å². The molecule has 1 N–H and O–H groups in total. The normalized spacial score (nSPS) is 10.0. The van der Waals surface area contributed by atoms with Crippen LogP contribution < -0.4 is 4.74 Å². The van der Waals surface area contributed by atoms with Crippen LogP contribution in [0.4, 0.5) is 0 Å². The molecule has 0 radical (unpaired) electrons. The number of ether oxygens (including phenoxy) is 1. The van der Waals surface area contributed by atoms with Crippen LogP contribution in [0.1, 0.15) is 28.4 Å². The van der Waals surface area contributed by atoms with Gasteiger partial charge in [-0.15, -0.1) is 0 Å². The molecule has 16 heavy (non-hydrogen) atoms. The lowest BCUT2D eigenvalue weighted by Crippen LogP contribution is -2.08. The highest BCUT2D eigenvalue weighted by Gasteiger charge is 2.12. The zero-order chi connectivity index (χ0) is 12.3. The fourth-order valence-electron chi connectivity index (χ4n) is 1.51. The number of hydrogen-bond acceptors (Lipinski definition) is 4. The molecule has 1 aromatic carbocycles. The summed E-state index contributed by atoms with van der Waals surface area (Å²) < 4.78 is 5.03. The highest BCUT2D eigenvalue weighted by atomic mass is 16.5. The summed E-state index contributed by atoms with van der Waals surface area (Å²) in [5.41, 5.74) is 1.83. The van der Waals surface area contributed by atoms with Gasteiger partial charge in [-0.1, -0.05) is 0 Å². The minimum absolute atomic E-state index is 0.347. The average Bonchev–Trinajstić information content (AvgIpc) is 2.21. The van der Waals surface area contributed by atoms with E-state index in [9.17, 15) is 9.59 Å². The predicted molar refractivity (Wildman–Crippen MR) is 58.6 cm³/mol. The lowest BCUT2D eigenvalue weighted by atomic mass is 10.0. The molecule has 0 bridgehead atoms. The minimum Gasteiger partial charge on any atom is -0.426 e. The summed E-state index contributed by atoms with van der Waals surface area (Å²) in [4.78, 5) is 22.2. The van der Waals surface area contributed by atoms with Gasteiger partial charge in [-0.2, -0.15) is 0 Å². The number of hydrogen-bond donors (Lipinski definition) is 1. The monoisotopic (exact) mass is 222 g/mol. The first-order valence-corrected chi connectivity index (χ1v) is 4.89. The third kappa shape index (κ3) is 2.67. The molecule has 0 atom stereocenters. The first kappa shape index (κ1) is 12.4. The van der Waals surface area contributed by atoms with E-state index in [1.807, 2.05) is 0 Å². The van der Waals surface area contributed by atoms with E-state index in [0.717, 1.165) is 0 Å². The lowest BCUT2D eigenvalue weighted by molar-refractivity contribution is -0.131. The summed E-state index contributed by atoms with van der Waals surface area (Å²) in [5.74, 6) is -0.269. The number of esters is 1. The fraction of sp³-hybridized carbons (Fsp3) is 0.333. The van der Waals surface area contributed by atoms with Crippen LogP contribution in [0.15, 0.2) is 12.1 Å². The molecule has 4 nitrogen and oxygen atoms in total. The van der Waals surface area contributed by atoms with Crippen molar-refractivity contribution in [3.63, 3.8) is 0 Å². The minimum atomic E-state index is -0.522. The van der Waals surface area contributed by atoms with Gasteiger partial charge < -0.3 is 9.84 Å². The van der Waals surface area contributed by atoms with Crippen LogP contribution >= 0.6 is 0 Å².